The Bertz CT molecular complexity index is 213. The largest absolute Gasteiger partial charge is 0.301 e. The first-order chi connectivity index (χ1) is 8.20. The molecule has 2 aliphatic heterocycles. The van der Waals surface area contributed by atoms with Crippen LogP contribution >= 0.6 is 0 Å². The fourth-order valence-corrected chi connectivity index (χ4v) is 3.34. The van der Waals surface area contributed by atoms with Crippen LogP contribution in [0, 0.1) is 5.92 Å². The van der Waals surface area contributed by atoms with E-state index in [0.29, 0.717) is 0 Å². The highest BCUT2D eigenvalue weighted by molar-refractivity contribution is 4.83. The van der Waals surface area contributed by atoms with E-state index >= 15 is 0 Å². The van der Waals surface area contributed by atoms with Crippen molar-refractivity contribution in [1.82, 2.24) is 9.80 Å². The Labute approximate surface area is 107 Å². The minimum absolute atomic E-state index is 0.789. The lowest BCUT2D eigenvalue weighted by atomic mass is 9.94. The van der Waals surface area contributed by atoms with Crippen LogP contribution in [0.1, 0.15) is 52.9 Å². The van der Waals surface area contributed by atoms with Gasteiger partial charge in [-0.3, -0.25) is 0 Å². The molecule has 0 aromatic heterocycles. The van der Waals surface area contributed by atoms with Crippen LogP contribution in [0.2, 0.25) is 0 Å². The average Bonchev–Trinajstić information content (AvgIpc) is 2.39. The lowest BCUT2D eigenvalue weighted by molar-refractivity contribution is 0.0658. The first-order valence-corrected chi connectivity index (χ1v) is 7.68. The molecule has 0 N–H and O–H groups in total. The molecular weight excluding hydrogens is 208 g/mol. The highest BCUT2D eigenvalue weighted by atomic mass is 15.2. The summed E-state index contributed by atoms with van der Waals surface area (Å²) in [7, 11) is 0. The second-order valence-electron chi connectivity index (χ2n) is 6.24. The van der Waals surface area contributed by atoms with Gasteiger partial charge in [0.15, 0.2) is 0 Å². The normalized spacial score (nSPS) is 28.4. The molecule has 0 aromatic carbocycles. The summed E-state index contributed by atoms with van der Waals surface area (Å²) in [5.41, 5.74) is 0. The number of piperidine rings is 2. The fourth-order valence-electron chi connectivity index (χ4n) is 3.34. The van der Waals surface area contributed by atoms with E-state index in [4.69, 9.17) is 0 Å². The van der Waals surface area contributed by atoms with E-state index in [2.05, 4.69) is 30.6 Å². The van der Waals surface area contributed by atoms with Crippen molar-refractivity contribution in [1.29, 1.82) is 0 Å². The van der Waals surface area contributed by atoms with Crippen LogP contribution in [-0.2, 0) is 0 Å². The Balaban J connectivity index is 1.75. The minimum Gasteiger partial charge on any atom is -0.301 e. The highest BCUT2D eigenvalue weighted by Gasteiger charge is 2.28. The third-order valence-corrected chi connectivity index (χ3v) is 5.05. The second kappa shape index (κ2) is 6.19. The maximum Gasteiger partial charge on any atom is 0.0120 e. The summed E-state index contributed by atoms with van der Waals surface area (Å²) in [6.07, 6.45) is 6.94. The zero-order valence-electron chi connectivity index (χ0n) is 12.0. The van der Waals surface area contributed by atoms with Crippen molar-refractivity contribution >= 4 is 0 Å². The first kappa shape index (κ1) is 13.4. The molecule has 0 bridgehead atoms. The van der Waals surface area contributed by atoms with Crippen LogP contribution < -0.4 is 0 Å². The molecule has 0 saturated carbocycles. The van der Waals surface area contributed by atoms with E-state index in [1.54, 1.807) is 0 Å². The van der Waals surface area contributed by atoms with Gasteiger partial charge < -0.3 is 9.80 Å². The summed E-state index contributed by atoms with van der Waals surface area (Å²) in [4.78, 5) is 5.46. The van der Waals surface area contributed by atoms with Crippen LogP contribution in [0.5, 0.6) is 0 Å². The van der Waals surface area contributed by atoms with Crippen LogP contribution in [0.4, 0.5) is 0 Å². The van der Waals surface area contributed by atoms with Gasteiger partial charge in [-0.1, -0.05) is 13.8 Å². The van der Waals surface area contributed by atoms with E-state index in [-0.39, 0.29) is 0 Å². The molecule has 0 spiro atoms. The molecule has 2 nitrogen and oxygen atoms in total. The minimum atomic E-state index is 0.789. The summed E-state index contributed by atoms with van der Waals surface area (Å²) in [5, 5.41) is 0. The predicted molar refractivity (Wildman–Crippen MR) is 74.3 cm³/mol. The summed E-state index contributed by atoms with van der Waals surface area (Å²) < 4.78 is 0. The summed E-state index contributed by atoms with van der Waals surface area (Å²) in [6.45, 7) is 12.5. The van der Waals surface area contributed by atoms with Gasteiger partial charge in [0.05, 0.1) is 0 Å². The zero-order chi connectivity index (χ0) is 12.3. The SMILES string of the molecule is CCC(C)N1CCC(N2CCC(C)CC2)CC1. The third-order valence-electron chi connectivity index (χ3n) is 5.05. The van der Waals surface area contributed by atoms with Gasteiger partial charge in [0.2, 0.25) is 0 Å². The topological polar surface area (TPSA) is 6.48 Å². The summed E-state index contributed by atoms with van der Waals surface area (Å²) in [6, 6.07) is 1.68. The molecule has 0 aromatic rings. The molecule has 0 aliphatic carbocycles. The molecule has 2 fully saturated rings. The molecule has 0 radical (unpaired) electrons. The van der Waals surface area contributed by atoms with Crippen LogP contribution in [0.25, 0.3) is 0 Å². The first-order valence-electron chi connectivity index (χ1n) is 7.68. The van der Waals surface area contributed by atoms with Crippen molar-refractivity contribution in [2.75, 3.05) is 26.2 Å². The molecule has 1 atom stereocenters. The van der Waals surface area contributed by atoms with Crippen molar-refractivity contribution in [3.05, 3.63) is 0 Å². The van der Waals surface area contributed by atoms with Gasteiger partial charge in [-0.15, -0.1) is 0 Å². The predicted octanol–water partition coefficient (Wildman–Crippen LogP) is 2.98. The standard InChI is InChI=1S/C15H30N2/c1-4-14(3)16-11-7-15(8-12-16)17-9-5-13(2)6-10-17/h13-15H,4-12H2,1-3H3. The molecule has 0 amide bonds. The van der Waals surface area contributed by atoms with Crippen LogP contribution in [0.3, 0.4) is 0 Å². The summed E-state index contributed by atoms with van der Waals surface area (Å²) in [5.74, 6) is 0.964. The van der Waals surface area contributed by atoms with Crippen molar-refractivity contribution in [3.63, 3.8) is 0 Å². The Kier molecular flexibility index (Phi) is 4.87. The smallest absolute Gasteiger partial charge is 0.0120 e. The van der Waals surface area contributed by atoms with Gasteiger partial charge in [0, 0.05) is 12.1 Å². The van der Waals surface area contributed by atoms with Gasteiger partial charge >= 0.3 is 0 Å². The number of hydrogen-bond acceptors (Lipinski definition) is 2. The molecule has 2 aliphatic rings. The average molecular weight is 238 g/mol. The quantitative estimate of drug-likeness (QED) is 0.746. The van der Waals surface area contributed by atoms with Gasteiger partial charge in [-0.25, -0.2) is 0 Å². The molecule has 2 heteroatoms. The Morgan fingerprint density at radius 1 is 1.00 bits per heavy atom. The highest BCUT2D eigenvalue weighted by Crippen LogP contribution is 2.24. The van der Waals surface area contributed by atoms with E-state index in [9.17, 15) is 0 Å². The molecule has 100 valence electrons. The molecular formula is C15H30N2. The second-order valence-corrected chi connectivity index (χ2v) is 6.24. The molecule has 2 saturated heterocycles. The molecule has 2 rings (SSSR count). The van der Waals surface area contributed by atoms with Gasteiger partial charge in [-0.05, 0) is 71.1 Å². The molecule has 2 heterocycles. The zero-order valence-corrected chi connectivity index (χ0v) is 12.0. The van der Waals surface area contributed by atoms with Crippen molar-refractivity contribution in [2.45, 2.75) is 65.0 Å². The van der Waals surface area contributed by atoms with E-state index in [1.807, 2.05) is 0 Å². The Morgan fingerprint density at radius 2 is 1.59 bits per heavy atom. The maximum absolute atomic E-state index is 2.77. The van der Waals surface area contributed by atoms with Gasteiger partial charge in [0.25, 0.3) is 0 Å². The van der Waals surface area contributed by atoms with Gasteiger partial charge in [0.1, 0.15) is 0 Å². The maximum atomic E-state index is 2.77. The van der Waals surface area contributed by atoms with E-state index < -0.39 is 0 Å². The van der Waals surface area contributed by atoms with Crippen molar-refractivity contribution in [2.24, 2.45) is 5.92 Å². The number of nitrogens with zero attached hydrogens (tertiary/aromatic N) is 2. The Hall–Kier alpha value is -0.0800. The monoisotopic (exact) mass is 238 g/mol. The Morgan fingerprint density at radius 3 is 2.12 bits per heavy atom. The third kappa shape index (κ3) is 3.45. The fraction of sp³-hybridized carbons (Fsp3) is 1.00. The van der Waals surface area contributed by atoms with Crippen molar-refractivity contribution < 1.29 is 0 Å². The van der Waals surface area contributed by atoms with Crippen LogP contribution in [-0.4, -0.2) is 48.1 Å². The lowest BCUT2D eigenvalue weighted by Crippen LogP contribution is -2.49. The van der Waals surface area contributed by atoms with E-state index in [1.165, 1.54) is 58.3 Å². The molecule has 17 heavy (non-hydrogen) atoms. The number of rotatable bonds is 3. The van der Waals surface area contributed by atoms with Crippen LogP contribution in [0.15, 0.2) is 0 Å². The lowest BCUT2D eigenvalue weighted by Gasteiger charge is -2.42. The van der Waals surface area contributed by atoms with Crippen molar-refractivity contribution in [3.8, 4) is 0 Å². The number of likely N-dealkylation sites (tertiary alicyclic amines) is 2. The number of hydrogen-bond donors (Lipinski definition) is 0. The summed E-state index contributed by atoms with van der Waals surface area (Å²) >= 11 is 0. The van der Waals surface area contributed by atoms with E-state index in [0.717, 1.165) is 18.0 Å². The molecule has 1 unspecified atom stereocenters. The van der Waals surface area contributed by atoms with Gasteiger partial charge in [-0.2, -0.15) is 0 Å².